The highest BCUT2D eigenvalue weighted by Crippen LogP contribution is 2.44. The third kappa shape index (κ3) is 4.39. The van der Waals surface area contributed by atoms with E-state index in [1.807, 2.05) is 54.6 Å². The van der Waals surface area contributed by atoms with Crippen molar-refractivity contribution >= 4 is 39.1 Å². The number of thiophene rings is 1. The number of carbonyl (C=O) groups excluding carboxylic acids is 2. The molecule has 0 bridgehead atoms. The Hall–Kier alpha value is -4.69. The van der Waals surface area contributed by atoms with Gasteiger partial charge in [0.05, 0.1) is 16.3 Å². The van der Waals surface area contributed by atoms with E-state index in [0.717, 1.165) is 5.69 Å². The molecule has 7 rings (SSSR count). The number of pyridine rings is 1. The lowest BCUT2D eigenvalue weighted by Crippen LogP contribution is -2.41. The predicted molar refractivity (Wildman–Crippen MR) is 166 cm³/mol. The normalized spacial score (nSPS) is 15.0. The number of ether oxygens (including phenoxy) is 1. The van der Waals surface area contributed by atoms with E-state index in [1.165, 1.54) is 39.7 Å². The monoisotopic (exact) mass is 575 g/mol. The summed E-state index contributed by atoms with van der Waals surface area (Å²) in [5, 5.41) is 0.697. The van der Waals surface area contributed by atoms with Crippen molar-refractivity contribution in [2.75, 3.05) is 25.4 Å². The van der Waals surface area contributed by atoms with Crippen LogP contribution < -0.4 is 11.3 Å². The fourth-order valence-electron chi connectivity index (χ4n) is 6.30. The number of hydrogen-bond donors (Lipinski definition) is 1. The number of Topliss-reactive ketones (excluding diaryl/α,β-unsaturated/α-hetero) is 1. The lowest BCUT2D eigenvalue weighted by Gasteiger charge is -2.31. The van der Waals surface area contributed by atoms with Crippen molar-refractivity contribution in [1.29, 1.82) is 0 Å². The fraction of sp³-hybridized carbons (Fsp3) is 0.206. The van der Waals surface area contributed by atoms with Crippen LogP contribution in [-0.2, 0) is 4.74 Å². The third-order valence-electron chi connectivity index (χ3n) is 8.48. The van der Waals surface area contributed by atoms with E-state index >= 15 is 0 Å². The van der Waals surface area contributed by atoms with E-state index in [0.29, 0.717) is 46.7 Å². The summed E-state index contributed by atoms with van der Waals surface area (Å²) in [5.41, 5.74) is 12.2. The van der Waals surface area contributed by atoms with Gasteiger partial charge < -0.3 is 15.4 Å². The Balaban J connectivity index is 1.03. The average molecular weight is 576 g/mol. The second-order valence-electron chi connectivity index (χ2n) is 10.8. The summed E-state index contributed by atoms with van der Waals surface area (Å²) in [6.45, 7) is 1.15. The molecule has 42 heavy (non-hydrogen) atoms. The van der Waals surface area contributed by atoms with Crippen molar-refractivity contribution in [2.45, 2.75) is 18.8 Å². The third-order valence-corrected chi connectivity index (χ3v) is 9.70. The maximum absolute atomic E-state index is 13.6. The van der Waals surface area contributed by atoms with Crippen molar-refractivity contribution in [3.63, 3.8) is 0 Å². The minimum absolute atomic E-state index is 0.00434. The van der Waals surface area contributed by atoms with Crippen LogP contribution >= 0.6 is 11.3 Å². The molecule has 2 N–H and O–H groups in total. The number of hydrogen-bond acceptors (Lipinski definition) is 6. The van der Waals surface area contributed by atoms with Gasteiger partial charge in [0.2, 0.25) is 0 Å². The van der Waals surface area contributed by atoms with E-state index in [1.54, 1.807) is 15.5 Å². The van der Waals surface area contributed by atoms with Crippen LogP contribution in [0.2, 0.25) is 0 Å². The Labute approximate surface area is 246 Å². The van der Waals surface area contributed by atoms with Gasteiger partial charge in [-0.25, -0.2) is 4.79 Å². The topological polar surface area (TPSA) is 94.6 Å². The SMILES string of the molecule is Nc1c(C(=O)C2CCN(C(=O)OCC3c4ccccc4-c4ccccc43)CC2)sc2c1ccc(=O)n2-c1ccccc1. The first kappa shape index (κ1) is 26.2. The number of ketones is 1. The summed E-state index contributed by atoms with van der Waals surface area (Å²) in [4.78, 5) is 42.3. The maximum Gasteiger partial charge on any atom is 0.409 e. The summed E-state index contributed by atoms with van der Waals surface area (Å²) >= 11 is 1.26. The smallest absolute Gasteiger partial charge is 0.409 e. The number of carbonyl (C=O) groups is 2. The van der Waals surface area contributed by atoms with Gasteiger partial charge in [0.1, 0.15) is 11.4 Å². The first-order valence-corrected chi connectivity index (χ1v) is 15.0. The summed E-state index contributed by atoms with van der Waals surface area (Å²) in [6, 6.07) is 29.1. The van der Waals surface area contributed by atoms with Crippen molar-refractivity contribution in [3.05, 3.63) is 117 Å². The van der Waals surface area contributed by atoms with E-state index < -0.39 is 0 Å². The Morgan fingerprint density at radius 1 is 0.833 bits per heavy atom. The molecule has 3 aromatic carbocycles. The minimum Gasteiger partial charge on any atom is -0.448 e. The largest absolute Gasteiger partial charge is 0.448 e. The molecule has 1 aliphatic heterocycles. The summed E-state index contributed by atoms with van der Waals surface area (Å²) in [6.07, 6.45) is 0.709. The van der Waals surface area contributed by atoms with Crippen LogP contribution in [-0.4, -0.2) is 41.0 Å². The van der Waals surface area contributed by atoms with Gasteiger partial charge in [-0.1, -0.05) is 66.7 Å². The van der Waals surface area contributed by atoms with Crippen molar-refractivity contribution in [3.8, 4) is 16.8 Å². The zero-order valence-electron chi connectivity index (χ0n) is 22.9. The van der Waals surface area contributed by atoms with Crippen LogP contribution in [0.1, 0.15) is 39.6 Å². The second kappa shape index (κ2) is 10.6. The number of para-hydroxylation sites is 1. The first-order chi connectivity index (χ1) is 20.5. The molecule has 1 aliphatic carbocycles. The van der Waals surface area contributed by atoms with Gasteiger partial charge in [0.25, 0.3) is 5.56 Å². The van der Waals surface area contributed by atoms with Gasteiger partial charge in [-0.3, -0.25) is 14.2 Å². The van der Waals surface area contributed by atoms with Gasteiger partial charge in [-0.05, 0) is 53.3 Å². The summed E-state index contributed by atoms with van der Waals surface area (Å²) < 4.78 is 7.44. The zero-order valence-corrected chi connectivity index (χ0v) is 23.7. The van der Waals surface area contributed by atoms with Gasteiger partial charge in [0.15, 0.2) is 5.78 Å². The van der Waals surface area contributed by atoms with E-state index in [4.69, 9.17) is 10.5 Å². The number of likely N-dealkylation sites (tertiary alicyclic amines) is 1. The number of amides is 1. The molecule has 0 radical (unpaired) electrons. The van der Waals surface area contributed by atoms with Crippen LogP contribution in [0.15, 0.2) is 95.8 Å². The minimum atomic E-state index is -0.351. The van der Waals surface area contributed by atoms with Gasteiger partial charge in [-0.2, -0.15) is 0 Å². The fourth-order valence-corrected chi connectivity index (χ4v) is 7.56. The van der Waals surface area contributed by atoms with Crippen molar-refractivity contribution in [2.24, 2.45) is 5.92 Å². The molecule has 0 saturated carbocycles. The number of fused-ring (bicyclic) bond motifs is 4. The molecule has 1 amide bonds. The van der Waals surface area contributed by atoms with Crippen LogP contribution in [0, 0.1) is 5.92 Å². The number of nitrogens with zero attached hydrogens (tertiary/aromatic N) is 2. The van der Waals surface area contributed by atoms with Crippen LogP contribution in [0.25, 0.3) is 27.0 Å². The van der Waals surface area contributed by atoms with Crippen molar-refractivity contribution in [1.82, 2.24) is 9.47 Å². The summed E-state index contributed by atoms with van der Waals surface area (Å²) in [7, 11) is 0. The van der Waals surface area contributed by atoms with E-state index in [-0.39, 0.29) is 35.9 Å². The van der Waals surface area contributed by atoms with Gasteiger partial charge in [0, 0.05) is 36.4 Å². The molecule has 0 atom stereocenters. The molecule has 3 heterocycles. The second-order valence-corrected chi connectivity index (χ2v) is 11.8. The Kier molecular flexibility index (Phi) is 6.63. The molecule has 0 spiro atoms. The molecule has 8 heteroatoms. The number of piperidine rings is 1. The maximum atomic E-state index is 13.6. The van der Waals surface area contributed by atoms with Crippen molar-refractivity contribution < 1.29 is 14.3 Å². The van der Waals surface area contributed by atoms with E-state index in [9.17, 15) is 14.4 Å². The lowest BCUT2D eigenvalue weighted by molar-refractivity contribution is 0.0732. The highest BCUT2D eigenvalue weighted by atomic mass is 32.1. The lowest BCUT2D eigenvalue weighted by atomic mass is 9.91. The predicted octanol–water partition coefficient (Wildman–Crippen LogP) is 6.48. The van der Waals surface area contributed by atoms with E-state index in [2.05, 4.69) is 24.3 Å². The number of nitrogen functional groups attached to an aromatic ring is 1. The summed E-state index contributed by atoms with van der Waals surface area (Å²) in [5.74, 6) is -0.285. The molecule has 2 aliphatic rings. The number of rotatable bonds is 5. The van der Waals surface area contributed by atoms with Crippen LogP contribution in [0.5, 0.6) is 0 Å². The Morgan fingerprint density at radius 2 is 1.45 bits per heavy atom. The quantitative estimate of drug-likeness (QED) is 0.242. The number of aromatic nitrogens is 1. The molecule has 2 aromatic heterocycles. The standard InChI is InChI=1S/C34H29N3O4S/c35-30-27-14-15-29(38)37(22-8-2-1-3-9-22)33(27)42-32(30)31(39)21-16-18-36(19-17-21)34(40)41-20-28-25-12-6-4-10-23(25)24-11-5-7-13-26(24)28/h1-15,21,28H,16-20,35H2. The molecule has 1 fully saturated rings. The first-order valence-electron chi connectivity index (χ1n) is 14.1. The molecule has 210 valence electrons. The van der Waals surface area contributed by atoms with Crippen LogP contribution in [0.3, 0.4) is 0 Å². The van der Waals surface area contributed by atoms with Gasteiger partial charge >= 0.3 is 6.09 Å². The highest BCUT2D eigenvalue weighted by molar-refractivity contribution is 7.21. The molecular formula is C34H29N3O4S. The zero-order chi connectivity index (χ0) is 28.8. The highest BCUT2D eigenvalue weighted by Gasteiger charge is 2.33. The molecular weight excluding hydrogens is 546 g/mol. The average Bonchev–Trinajstić information content (AvgIpc) is 3.54. The van der Waals surface area contributed by atoms with Gasteiger partial charge in [-0.15, -0.1) is 11.3 Å². The molecule has 0 unspecified atom stereocenters. The Morgan fingerprint density at radius 3 is 2.12 bits per heavy atom. The molecule has 5 aromatic rings. The molecule has 7 nitrogen and oxygen atoms in total. The van der Waals surface area contributed by atoms with Crippen LogP contribution in [0.4, 0.5) is 10.5 Å². The molecule has 1 saturated heterocycles. The number of anilines is 1. The Bertz CT molecular complexity index is 1840. The number of nitrogens with two attached hydrogens (primary N) is 1. The number of benzene rings is 3.